The molecule has 1 N–H and O–H groups in total. The van der Waals surface area contributed by atoms with Gasteiger partial charge in [0.15, 0.2) is 0 Å². The molecule has 1 aliphatic carbocycles. The SMILES string of the molecule is CCCC1(C(=O)N(C)CC2(N(C)C)CCC2)CCNC1. The standard InChI is InChI=1S/C16H31N3O/c1-5-7-15(10-11-17-12-15)14(20)19(4)13-16(18(2)3)8-6-9-16/h17H,5-13H2,1-4H3. The quantitative estimate of drug-likeness (QED) is 0.805. The number of likely N-dealkylation sites (N-methyl/N-ethyl adjacent to an activating group) is 2. The van der Waals surface area contributed by atoms with E-state index in [9.17, 15) is 4.79 Å². The Morgan fingerprint density at radius 2 is 1.90 bits per heavy atom. The normalized spacial score (nSPS) is 28.4. The van der Waals surface area contributed by atoms with Crippen molar-refractivity contribution in [2.45, 2.75) is 51.0 Å². The maximum Gasteiger partial charge on any atom is 0.229 e. The Hall–Kier alpha value is -0.610. The highest BCUT2D eigenvalue weighted by molar-refractivity contribution is 5.83. The van der Waals surface area contributed by atoms with E-state index >= 15 is 0 Å². The van der Waals surface area contributed by atoms with Gasteiger partial charge < -0.3 is 15.1 Å². The van der Waals surface area contributed by atoms with E-state index in [0.717, 1.165) is 38.9 Å². The molecule has 1 unspecified atom stereocenters. The van der Waals surface area contributed by atoms with Gasteiger partial charge in [-0.1, -0.05) is 13.3 Å². The summed E-state index contributed by atoms with van der Waals surface area (Å²) in [5.41, 5.74) is 0.0879. The lowest BCUT2D eigenvalue weighted by molar-refractivity contribution is -0.143. The molecule has 1 amide bonds. The first kappa shape index (κ1) is 15.8. The van der Waals surface area contributed by atoms with Crippen molar-refractivity contribution in [3.05, 3.63) is 0 Å². The third-order valence-corrected chi connectivity index (χ3v) is 5.54. The van der Waals surface area contributed by atoms with E-state index < -0.39 is 0 Å². The third kappa shape index (κ3) is 2.73. The maximum atomic E-state index is 13.0. The van der Waals surface area contributed by atoms with Crippen LogP contribution in [0.15, 0.2) is 0 Å². The number of carbonyl (C=O) groups is 1. The van der Waals surface area contributed by atoms with Crippen LogP contribution in [-0.4, -0.2) is 62.0 Å². The van der Waals surface area contributed by atoms with Gasteiger partial charge in [-0.15, -0.1) is 0 Å². The summed E-state index contributed by atoms with van der Waals surface area (Å²) in [5, 5.41) is 3.39. The van der Waals surface area contributed by atoms with Gasteiger partial charge in [-0.3, -0.25) is 4.79 Å². The molecule has 1 atom stereocenters. The fourth-order valence-electron chi connectivity index (χ4n) is 3.97. The second-order valence-electron chi connectivity index (χ2n) is 7.09. The zero-order chi connectivity index (χ0) is 14.8. The zero-order valence-corrected chi connectivity index (χ0v) is 13.7. The first-order chi connectivity index (χ1) is 9.46. The van der Waals surface area contributed by atoms with Gasteiger partial charge in [0.1, 0.15) is 0 Å². The summed E-state index contributed by atoms with van der Waals surface area (Å²) in [6.07, 6.45) is 6.83. The fraction of sp³-hybridized carbons (Fsp3) is 0.938. The van der Waals surface area contributed by atoms with Gasteiger partial charge in [-0.2, -0.15) is 0 Å². The Morgan fingerprint density at radius 1 is 1.20 bits per heavy atom. The highest BCUT2D eigenvalue weighted by Gasteiger charge is 2.45. The van der Waals surface area contributed by atoms with Crippen molar-refractivity contribution in [3.8, 4) is 0 Å². The van der Waals surface area contributed by atoms with Crippen molar-refractivity contribution in [3.63, 3.8) is 0 Å². The summed E-state index contributed by atoms with van der Waals surface area (Å²) in [7, 11) is 6.30. The Labute approximate surface area is 123 Å². The summed E-state index contributed by atoms with van der Waals surface area (Å²) < 4.78 is 0. The number of nitrogens with zero attached hydrogens (tertiary/aromatic N) is 2. The smallest absolute Gasteiger partial charge is 0.229 e. The van der Waals surface area contributed by atoms with Crippen LogP contribution in [0.3, 0.4) is 0 Å². The number of nitrogens with one attached hydrogen (secondary N) is 1. The van der Waals surface area contributed by atoms with Crippen LogP contribution in [0.4, 0.5) is 0 Å². The molecule has 0 aromatic carbocycles. The fourth-order valence-corrected chi connectivity index (χ4v) is 3.97. The van der Waals surface area contributed by atoms with Gasteiger partial charge in [0.25, 0.3) is 0 Å². The van der Waals surface area contributed by atoms with Crippen LogP contribution in [-0.2, 0) is 4.79 Å². The van der Waals surface area contributed by atoms with Crippen molar-refractivity contribution < 1.29 is 4.79 Å². The molecule has 2 rings (SSSR count). The molecule has 1 aliphatic heterocycles. The number of amides is 1. The second-order valence-corrected chi connectivity index (χ2v) is 7.09. The summed E-state index contributed by atoms with van der Waals surface area (Å²) >= 11 is 0. The van der Waals surface area contributed by atoms with Crippen LogP contribution in [0.25, 0.3) is 0 Å². The van der Waals surface area contributed by atoms with Gasteiger partial charge in [0, 0.05) is 25.7 Å². The second kappa shape index (κ2) is 6.02. The topological polar surface area (TPSA) is 35.6 Å². The van der Waals surface area contributed by atoms with E-state index in [1.165, 1.54) is 19.3 Å². The molecule has 4 heteroatoms. The number of carbonyl (C=O) groups excluding carboxylic acids is 1. The predicted octanol–water partition coefficient (Wildman–Crippen LogP) is 1.71. The molecule has 116 valence electrons. The minimum Gasteiger partial charge on any atom is -0.343 e. The van der Waals surface area contributed by atoms with E-state index in [1.54, 1.807) is 0 Å². The monoisotopic (exact) mass is 281 g/mol. The third-order valence-electron chi connectivity index (χ3n) is 5.54. The first-order valence-corrected chi connectivity index (χ1v) is 8.09. The largest absolute Gasteiger partial charge is 0.343 e. The van der Waals surface area contributed by atoms with E-state index in [0.29, 0.717) is 5.91 Å². The molecule has 1 saturated heterocycles. The van der Waals surface area contributed by atoms with E-state index in [4.69, 9.17) is 0 Å². The van der Waals surface area contributed by atoms with Crippen LogP contribution in [0.1, 0.15) is 45.4 Å². The van der Waals surface area contributed by atoms with E-state index in [2.05, 4.69) is 31.2 Å². The Kier molecular flexibility index (Phi) is 4.75. The van der Waals surface area contributed by atoms with Crippen LogP contribution in [0.5, 0.6) is 0 Å². The van der Waals surface area contributed by atoms with Crippen molar-refractivity contribution in [1.82, 2.24) is 15.1 Å². The summed E-state index contributed by atoms with van der Waals surface area (Å²) in [6.45, 7) is 4.91. The van der Waals surface area contributed by atoms with Gasteiger partial charge in [0.05, 0.1) is 5.41 Å². The molecule has 20 heavy (non-hydrogen) atoms. The molecule has 0 aromatic rings. The average Bonchev–Trinajstić information content (AvgIpc) is 2.82. The van der Waals surface area contributed by atoms with Crippen molar-refractivity contribution in [2.75, 3.05) is 40.8 Å². The number of rotatable bonds is 6. The van der Waals surface area contributed by atoms with Gasteiger partial charge in [-0.05, 0) is 52.7 Å². The van der Waals surface area contributed by atoms with Gasteiger partial charge >= 0.3 is 0 Å². The zero-order valence-electron chi connectivity index (χ0n) is 13.7. The minimum absolute atomic E-state index is 0.138. The first-order valence-electron chi connectivity index (χ1n) is 8.09. The molecule has 1 saturated carbocycles. The van der Waals surface area contributed by atoms with Crippen LogP contribution in [0.2, 0.25) is 0 Å². The molecule has 0 radical (unpaired) electrons. The van der Waals surface area contributed by atoms with Gasteiger partial charge in [-0.25, -0.2) is 0 Å². The maximum absolute atomic E-state index is 13.0. The van der Waals surface area contributed by atoms with Crippen molar-refractivity contribution >= 4 is 5.91 Å². The lowest BCUT2D eigenvalue weighted by Gasteiger charge is -2.50. The molecule has 0 aromatic heterocycles. The molecule has 2 fully saturated rings. The highest BCUT2D eigenvalue weighted by atomic mass is 16.2. The van der Waals surface area contributed by atoms with Crippen LogP contribution < -0.4 is 5.32 Å². The summed E-state index contributed by atoms with van der Waals surface area (Å²) in [5.74, 6) is 0.359. The summed E-state index contributed by atoms with van der Waals surface area (Å²) in [4.78, 5) is 17.3. The minimum atomic E-state index is -0.138. The molecule has 2 aliphatic rings. The van der Waals surface area contributed by atoms with E-state index in [-0.39, 0.29) is 11.0 Å². The Morgan fingerprint density at radius 3 is 2.30 bits per heavy atom. The number of hydrogen-bond acceptors (Lipinski definition) is 3. The van der Waals surface area contributed by atoms with Crippen molar-refractivity contribution in [1.29, 1.82) is 0 Å². The van der Waals surface area contributed by atoms with Crippen LogP contribution >= 0.6 is 0 Å². The molecular weight excluding hydrogens is 250 g/mol. The molecular formula is C16H31N3O. The van der Waals surface area contributed by atoms with Gasteiger partial charge in [0.2, 0.25) is 5.91 Å². The molecule has 4 nitrogen and oxygen atoms in total. The molecule has 1 heterocycles. The predicted molar refractivity (Wildman–Crippen MR) is 82.7 cm³/mol. The lowest BCUT2D eigenvalue weighted by atomic mass is 9.74. The average molecular weight is 281 g/mol. The van der Waals surface area contributed by atoms with Crippen LogP contribution in [0, 0.1) is 5.41 Å². The van der Waals surface area contributed by atoms with E-state index in [1.807, 2.05) is 11.9 Å². The van der Waals surface area contributed by atoms with Crippen molar-refractivity contribution in [2.24, 2.45) is 5.41 Å². The lowest BCUT2D eigenvalue weighted by Crippen LogP contribution is -2.59. The Balaban J connectivity index is 2.04. The molecule has 0 bridgehead atoms. The highest BCUT2D eigenvalue weighted by Crippen LogP contribution is 2.38. The summed E-state index contributed by atoms with van der Waals surface area (Å²) in [6, 6.07) is 0. The molecule has 0 spiro atoms. The Bertz CT molecular complexity index is 344. The number of hydrogen-bond donors (Lipinski definition) is 1.